The van der Waals surface area contributed by atoms with Crippen molar-refractivity contribution in [3.8, 4) is 0 Å². The molecule has 0 bridgehead atoms. The predicted octanol–water partition coefficient (Wildman–Crippen LogP) is 0.822. The van der Waals surface area contributed by atoms with E-state index in [1.165, 1.54) is 0 Å². The first-order chi connectivity index (χ1) is 7.58. The summed E-state index contributed by atoms with van der Waals surface area (Å²) >= 11 is 0. The molecule has 5 nitrogen and oxygen atoms in total. The summed E-state index contributed by atoms with van der Waals surface area (Å²) in [6.07, 6.45) is 2.20. The zero-order valence-corrected chi connectivity index (χ0v) is 10.4. The zero-order valence-electron chi connectivity index (χ0n) is 10.4. The van der Waals surface area contributed by atoms with Gasteiger partial charge in [0.25, 0.3) is 0 Å². The van der Waals surface area contributed by atoms with E-state index in [0.29, 0.717) is 11.9 Å². The summed E-state index contributed by atoms with van der Waals surface area (Å²) in [7, 11) is 2.08. The Morgan fingerprint density at radius 1 is 1.50 bits per heavy atom. The average molecular weight is 226 g/mol. The Bertz CT molecular complexity index is 298. The van der Waals surface area contributed by atoms with Crippen LogP contribution in [0.4, 0.5) is 5.82 Å². The number of aromatic nitrogens is 2. The van der Waals surface area contributed by atoms with E-state index in [1.807, 2.05) is 30.8 Å². The first kappa shape index (κ1) is 13.0. The molecule has 0 atom stereocenters. The van der Waals surface area contributed by atoms with Crippen molar-refractivity contribution in [3.63, 3.8) is 0 Å². The minimum absolute atomic E-state index is 0.305. The summed E-state index contributed by atoms with van der Waals surface area (Å²) < 4.78 is 7.34. The fourth-order valence-electron chi connectivity index (χ4n) is 1.33. The van der Waals surface area contributed by atoms with Crippen molar-refractivity contribution in [2.75, 3.05) is 32.5 Å². The molecule has 0 unspecified atom stereocenters. The first-order valence-corrected chi connectivity index (χ1v) is 5.67. The third-order valence-corrected chi connectivity index (χ3v) is 2.30. The number of nitrogens with zero attached hydrogens (tertiary/aromatic N) is 3. The molecule has 0 fully saturated rings. The lowest BCUT2D eigenvalue weighted by molar-refractivity contribution is 0.0632. The normalized spacial score (nSPS) is 11.6. The van der Waals surface area contributed by atoms with Crippen molar-refractivity contribution in [1.82, 2.24) is 14.7 Å². The maximum Gasteiger partial charge on any atom is 0.145 e. The molecule has 16 heavy (non-hydrogen) atoms. The van der Waals surface area contributed by atoms with Gasteiger partial charge in [-0.1, -0.05) is 0 Å². The fourth-order valence-corrected chi connectivity index (χ4v) is 1.33. The van der Waals surface area contributed by atoms with E-state index in [2.05, 4.69) is 17.0 Å². The maximum atomic E-state index is 5.53. The lowest BCUT2D eigenvalue weighted by Crippen LogP contribution is -2.28. The molecule has 0 aliphatic rings. The number of rotatable bonds is 7. The largest absolute Gasteiger partial charge is 0.382 e. The highest BCUT2D eigenvalue weighted by Crippen LogP contribution is 1.96. The van der Waals surface area contributed by atoms with Crippen LogP contribution in [-0.2, 0) is 11.3 Å². The molecule has 1 heterocycles. The molecule has 0 saturated carbocycles. The molecule has 0 aliphatic heterocycles. The van der Waals surface area contributed by atoms with Gasteiger partial charge in [-0.25, -0.2) is 0 Å². The molecular weight excluding hydrogens is 204 g/mol. The van der Waals surface area contributed by atoms with E-state index in [0.717, 1.165) is 26.2 Å². The van der Waals surface area contributed by atoms with Gasteiger partial charge < -0.3 is 15.4 Å². The van der Waals surface area contributed by atoms with Gasteiger partial charge in [0.15, 0.2) is 0 Å². The van der Waals surface area contributed by atoms with Crippen molar-refractivity contribution < 1.29 is 4.74 Å². The molecule has 0 aromatic carbocycles. The first-order valence-electron chi connectivity index (χ1n) is 5.67. The monoisotopic (exact) mass is 226 g/mol. The van der Waals surface area contributed by atoms with Gasteiger partial charge >= 0.3 is 0 Å². The quantitative estimate of drug-likeness (QED) is 0.748. The Kier molecular flexibility index (Phi) is 5.28. The van der Waals surface area contributed by atoms with Crippen molar-refractivity contribution in [2.45, 2.75) is 26.5 Å². The van der Waals surface area contributed by atoms with Gasteiger partial charge in [0.1, 0.15) is 5.82 Å². The molecule has 0 amide bonds. The van der Waals surface area contributed by atoms with E-state index < -0.39 is 0 Å². The molecule has 2 N–H and O–H groups in total. The smallest absolute Gasteiger partial charge is 0.145 e. The second-order valence-electron chi connectivity index (χ2n) is 4.23. The van der Waals surface area contributed by atoms with Gasteiger partial charge in [0.05, 0.1) is 19.3 Å². The molecule has 1 rings (SSSR count). The highest BCUT2D eigenvalue weighted by molar-refractivity contribution is 5.23. The van der Waals surface area contributed by atoms with E-state index in [4.69, 9.17) is 10.5 Å². The van der Waals surface area contributed by atoms with Crippen LogP contribution in [0.2, 0.25) is 0 Å². The van der Waals surface area contributed by atoms with Crippen LogP contribution in [0.15, 0.2) is 12.3 Å². The van der Waals surface area contributed by atoms with Crippen molar-refractivity contribution >= 4 is 5.82 Å². The Labute approximate surface area is 97.2 Å². The third-order valence-electron chi connectivity index (χ3n) is 2.30. The summed E-state index contributed by atoms with van der Waals surface area (Å²) in [4.78, 5) is 2.22. The number of hydrogen-bond donors (Lipinski definition) is 1. The summed E-state index contributed by atoms with van der Waals surface area (Å²) in [6.45, 7) is 7.61. The van der Waals surface area contributed by atoms with Crippen LogP contribution in [0.25, 0.3) is 0 Å². The van der Waals surface area contributed by atoms with Crippen LogP contribution in [0, 0.1) is 0 Å². The second kappa shape index (κ2) is 6.50. The summed E-state index contributed by atoms with van der Waals surface area (Å²) in [5, 5.41) is 4.13. The van der Waals surface area contributed by atoms with E-state index in [9.17, 15) is 0 Å². The van der Waals surface area contributed by atoms with Gasteiger partial charge in [-0.05, 0) is 27.0 Å². The number of likely N-dealkylation sites (N-methyl/N-ethyl adjacent to an activating group) is 1. The molecule has 0 saturated heterocycles. The van der Waals surface area contributed by atoms with E-state index in [1.54, 1.807) is 0 Å². The van der Waals surface area contributed by atoms with Crippen LogP contribution < -0.4 is 5.73 Å². The summed E-state index contributed by atoms with van der Waals surface area (Å²) in [5.74, 6) is 0.575. The van der Waals surface area contributed by atoms with Crippen LogP contribution in [0.1, 0.15) is 13.8 Å². The predicted molar refractivity (Wildman–Crippen MR) is 65.2 cm³/mol. The number of nitrogen functional groups attached to an aromatic ring is 1. The van der Waals surface area contributed by atoms with Gasteiger partial charge in [-0.15, -0.1) is 0 Å². The zero-order chi connectivity index (χ0) is 12.0. The minimum atomic E-state index is 0.305. The fraction of sp³-hybridized carbons (Fsp3) is 0.727. The van der Waals surface area contributed by atoms with Crippen LogP contribution in [0.3, 0.4) is 0 Å². The molecule has 0 radical (unpaired) electrons. The Hall–Kier alpha value is -1.07. The van der Waals surface area contributed by atoms with Crippen molar-refractivity contribution in [2.24, 2.45) is 0 Å². The van der Waals surface area contributed by atoms with Crippen LogP contribution in [-0.4, -0.2) is 47.5 Å². The average Bonchev–Trinajstić information content (AvgIpc) is 2.61. The van der Waals surface area contributed by atoms with Crippen LogP contribution >= 0.6 is 0 Å². The van der Waals surface area contributed by atoms with E-state index in [-0.39, 0.29) is 0 Å². The highest BCUT2D eigenvalue weighted by Gasteiger charge is 2.01. The van der Waals surface area contributed by atoms with Crippen molar-refractivity contribution in [3.05, 3.63) is 12.3 Å². The SMILES string of the molecule is CC(C)OCCN(C)CCn1ccc(N)n1. The Morgan fingerprint density at radius 2 is 2.25 bits per heavy atom. The summed E-state index contributed by atoms with van der Waals surface area (Å²) in [6, 6.07) is 1.81. The number of anilines is 1. The second-order valence-corrected chi connectivity index (χ2v) is 4.23. The van der Waals surface area contributed by atoms with Gasteiger partial charge in [-0.3, -0.25) is 4.68 Å². The molecule has 5 heteroatoms. The molecule has 1 aromatic heterocycles. The van der Waals surface area contributed by atoms with E-state index >= 15 is 0 Å². The molecular formula is C11H22N4O. The van der Waals surface area contributed by atoms with Gasteiger partial charge in [-0.2, -0.15) is 5.10 Å². The van der Waals surface area contributed by atoms with Crippen molar-refractivity contribution in [1.29, 1.82) is 0 Å². The van der Waals surface area contributed by atoms with Gasteiger partial charge in [0, 0.05) is 19.3 Å². The summed E-state index contributed by atoms with van der Waals surface area (Å²) in [5.41, 5.74) is 5.53. The molecule has 1 aromatic rings. The number of hydrogen-bond acceptors (Lipinski definition) is 4. The van der Waals surface area contributed by atoms with Gasteiger partial charge in [0.2, 0.25) is 0 Å². The molecule has 0 spiro atoms. The number of ether oxygens (including phenoxy) is 1. The third kappa shape index (κ3) is 5.14. The topological polar surface area (TPSA) is 56.3 Å². The standard InChI is InChI=1S/C11H22N4O/c1-10(2)16-9-8-14(3)6-7-15-5-4-11(12)13-15/h4-5,10H,6-9H2,1-3H3,(H2,12,13). The maximum absolute atomic E-state index is 5.53. The molecule has 0 aliphatic carbocycles. The lowest BCUT2D eigenvalue weighted by atomic mass is 10.4. The Balaban J connectivity index is 2.12. The number of nitrogens with two attached hydrogens (primary N) is 1. The Morgan fingerprint density at radius 3 is 2.81 bits per heavy atom. The lowest BCUT2D eigenvalue weighted by Gasteiger charge is -2.17. The molecule has 92 valence electrons. The minimum Gasteiger partial charge on any atom is -0.382 e. The highest BCUT2D eigenvalue weighted by atomic mass is 16.5. The van der Waals surface area contributed by atoms with Crippen LogP contribution in [0.5, 0.6) is 0 Å².